The standard InChI is InChI=1S/C10H19BrSi/c1-4-7-12(8-5-2)9-10(11)6-3/h4-5,10,12H,1-2,6-9H2,3H3. The van der Waals surface area contributed by atoms with Crippen LogP contribution in [0.25, 0.3) is 0 Å². The predicted molar refractivity (Wildman–Crippen MR) is 65.0 cm³/mol. The van der Waals surface area contributed by atoms with Crippen molar-refractivity contribution in [1.82, 2.24) is 0 Å². The Labute approximate surface area is 86.5 Å². The van der Waals surface area contributed by atoms with Gasteiger partial charge in [0, 0.05) is 13.6 Å². The van der Waals surface area contributed by atoms with Crippen LogP contribution in [0.4, 0.5) is 0 Å². The molecule has 0 aromatic heterocycles. The zero-order chi connectivity index (χ0) is 9.40. The third kappa shape index (κ3) is 5.78. The number of allylic oxidation sites excluding steroid dienone is 2. The van der Waals surface area contributed by atoms with E-state index in [9.17, 15) is 0 Å². The molecule has 0 nitrogen and oxygen atoms in total. The molecule has 1 unspecified atom stereocenters. The van der Waals surface area contributed by atoms with Crippen LogP contribution >= 0.6 is 15.9 Å². The van der Waals surface area contributed by atoms with Crippen molar-refractivity contribution in [2.75, 3.05) is 0 Å². The van der Waals surface area contributed by atoms with Crippen molar-refractivity contribution in [1.29, 1.82) is 0 Å². The number of alkyl halides is 1. The molecular weight excluding hydrogens is 228 g/mol. The molecule has 0 bridgehead atoms. The van der Waals surface area contributed by atoms with E-state index in [1.807, 2.05) is 0 Å². The molecule has 0 aromatic carbocycles. The second kappa shape index (κ2) is 7.81. The van der Waals surface area contributed by atoms with Crippen molar-refractivity contribution in [3.8, 4) is 0 Å². The summed E-state index contributed by atoms with van der Waals surface area (Å²) < 4.78 is 0. The van der Waals surface area contributed by atoms with Crippen LogP contribution in [0.15, 0.2) is 25.3 Å². The average Bonchev–Trinajstić information content (AvgIpc) is 2.05. The second-order valence-corrected chi connectivity index (χ2v) is 7.60. The van der Waals surface area contributed by atoms with Crippen LogP contribution in [0, 0.1) is 0 Å². The van der Waals surface area contributed by atoms with Crippen LogP contribution in [-0.4, -0.2) is 13.6 Å². The van der Waals surface area contributed by atoms with Gasteiger partial charge < -0.3 is 0 Å². The maximum absolute atomic E-state index is 3.80. The Morgan fingerprint density at radius 2 is 1.83 bits per heavy atom. The fourth-order valence-electron chi connectivity index (χ4n) is 1.29. The first-order valence-corrected chi connectivity index (χ1v) is 7.96. The fraction of sp³-hybridized carbons (Fsp3) is 0.600. The highest BCUT2D eigenvalue weighted by molar-refractivity contribution is 9.09. The Hall–Kier alpha value is 0.177. The molecule has 0 spiro atoms. The van der Waals surface area contributed by atoms with Crippen molar-refractivity contribution in [2.45, 2.75) is 36.3 Å². The summed E-state index contributed by atoms with van der Waals surface area (Å²) in [5.41, 5.74) is 0. The van der Waals surface area contributed by atoms with E-state index in [-0.39, 0.29) is 0 Å². The smallest absolute Gasteiger partial charge is 0.0453 e. The van der Waals surface area contributed by atoms with E-state index >= 15 is 0 Å². The van der Waals surface area contributed by atoms with Gasteiger partial charge in [0.1, 0.15) is 0 Å². The van der Waals surface area contributed by atoms with Gasteiger partial charge in [-0.2, -0.15) is 0 Å². The highest BCUT2D eigenvalue weighted by atomic mass is 79.9. The van der Waals surface area contributed by atoms with Gasteiger partial charge in [0.25, 0.3) is 0 Å². The van der Waals surface area contributed by atoms with Crippen LogP contribution < -0.4 is 0 Å². The molecule has 12 heavy (non-hydrogen) atoms. The van der Waals surface area contributed by atoms with Crippen LogP contribution in [0.2, 0.25) is 18.1 Å². The lowest BCUT2D eigenvalue weighted by Crippen LogP contribution is -2.15. The Kier molecular flexibility index (Phi) is 7.92. The first-order chi connectivity index (χ1) is 5.74. The molecule has 0 aliphatic carbocycles. The van der Waals surface area contributed by atoms with E-state index in [0.29, 0.717) is 4.83 Å². The molecule has 2 heteroatoms. The van der Waals surface area contributed by atoms with Gasteiger partial charge in [-0.25, -0.2) is 0 Å². The van der Waals surface area contributed by atoms with Gasteiger partial charge in [-0.3, -0.25) is 0 Å². The van der Waals surface area contributed by atoms with Crippen LogP contribution in [0.5, 0.6) is 0 Å². The molecule has 0 amide bonds. The second-order valence-electron chi connectivity index (χ2n) is 3.16. The molecule has 0 saturated heterocycles. The van der Waals surface area contributed by atoms with Crippen molar-refractivity contribution in [3.63, 3.8) is 0 Å². The van der Waals surface area contributed by atoms with Gasteiger partial charge in [0.05, 0.1) is 0 Å². The van der Waals surface area contributed by atoms with E-state index in [4.69, 9.17) is 0 Å². The lowest BCUT2D eigenvalue weighted by molar-refractivity contribution is 0.907. The lowest BCUT2D eigenvalue weighted by Gasteiger charge is -2.14. The van der Waals surface area contributed by atoms with Gasteiger partial charge in [0.15, 0.2) is 0 Å². The summed E-state index contributed by atoms with van der Waals surface area (Å²) in [6.07, 6.45) is 5.36. The molecule has 0 aliphatic heterocycles. The van der Waals surface area contributed by atoms with Crippen LogP contribution in [-0.2, 0) is 0 Å². The number of hydrogen-bond donors (Lipinski definition) is 0. The topological polar surface area (TPSA) is 0 Å². The molecule has 0 aliphatic rings. The fourth-order valence-corrected chi connectivity index (χ4v) is 5.45. The summed E-state index contributed by atoms with van der Waals surface area (Å²) in [7, 11) is -0.592. The van der Waals surface area contributed by atoms with Crippen molar-refractivity contribution < 1.29 is 0 Å². The normalized spacial score (nSPS) is 12.9. The van der Waals surface area contributed by atoms with Crippen molar-refractivity contribution in [3.05, 3.63) is 25.3 Å². The maximum atomic E-state index is 3.80. The third-order valence-corrected chi connectivity index (χ3v) is 6.98. The van der Waals surface area contributed by atoms with E-state index in [1.165, 1.54) is 24.6 Å². The maximum Gasteiger partial charge on any atom is 0.0453 e. The van der Waals surface area contributed by atoms with Gasteiger partial charge in [-0.05, 0) is 24.6 Å². The van der Waals surface area contributed by atoms with E-state index < -0.39 is 8.80 Å². The summed E-state index contributed by atoms with van der Waals surface area (Å²) >= 11 is 3.68. The molecule has 70 valence electrons. The number of rotatable bonds is 7. The van der Waals surface area contributed by atoms with Gasteiger partial charge in [-0.15, -0.1) is 13.2 Å². The highest BCUT2D eigenvalue weighted by Gasteiger charge is 2.11. The third-order valence-electron chi connectivity index (χ3n) is 2.03. The minimum absolute atomic E-state index is 0.592. The molecule has 0 radical (unpaired) electrons. The first-order valence-electron chi connectivity index (χ1n) is 4.60. The Balaban J connectivity index is 3.75. The molecule has 0 aromatic rings. The van der Waals surface area contributed by atoms with Gasteiger partial charge >= 0.3 is 0 Å². The predicted octanol–water partition coefficient (Wildman–Crippen LogP) is 3.76. The highest BCUT2D eigenvalue weighted by Crippen LogP contribution is 2.17. The van der Waals surface area contributed by atoms with Crippen molar-refractivity contribution >= 4 is 24.7 Å². The SMILES string of the molecule is C=CC[SiH](CC=C)CC(Br)CC. The first kappa shape index (κ1) is 12.2. The monoisotopic (exact) mass is 246 g/mol. The minimum Gasteiger partial charge on any atom is -0.103 e. The molecule has 0 saturated carbocycles. The van der Waals surface area contributed by atoms with Crippen LogP contribution in [0.3, 0.4) is 0 Å². The number of hydrogen-bond acceptors (Lipinski definition) is 0. The summed E-state index contributed by atoms with van der Waals surface area (Å²) in [4.78, 5) is 0.717. The van der Waals surface area contributed by atoms with E-state index in [2.05, 4.69) is 48.2 Å². The van der Waals surface area contributed by atoms with Gasteiger partial charge in [-0.1, -0.05) is 35.0 Å². The molecule has 0 rings (SSSR count). The largest absolute Gasteiger partial charge is 0.103 e. The molecule has 0 fully saturated rings. The molecule has 1 atom stereocenters. The number of halogens is 1. The van der Waals surface area contributed by atoms with E-state index in [0.717, 1.165) is 0 Å². The molecule has 0 N–H and O–H groups in total. The quantitative estimate of drug-likeness (QED) is 0.365. The summed E-state index contributed by atoms with van der Waals surface area (Å²) in [5, 5.41) is 0. The summed E-state index contributed by atoms with van der Waals surface area (Å²) in [6.45, 7) is 9.83. The zero-order valence-corrected chi connectivity index (χ0v) is 10.7. The summed E-state index contributed by atoms with van der Waals surface area (Å²) in [6, 6.07) is 3.86. The Bertz CT molecular complexity index is 124. The molecule has 0 heterocycles. The minimum atomic E-state index is -0.592. The van der Waals surface area contributed by atoms with E-state index in [1.54, 1.807) is 0 Å². The Morgan fingerprint density at radius 3 is 2.17 bits per heavy atom. The summed E-state index contributed by atoms with van der Waals surface area (Å²) in [5.74, 6) is 0. The lowest BCUT2D eigenvalue weighted by atomic mass is 10.4. The Morgan fingerprint density at radius 1 is 1.33 bits per heavy atom. The zero-order valence-electron chi connectivity index (χ0n) is 7.93. The average molecular weight is 247 g/mol. The molecular formula is C10H19BrSi. The van der Waals surface area contributed by atoms with Crippen LogP contribution in [0.1, 0.15) is 13.3 Å². The van der Waals surface area contributed by atoms with Crippen molar-refractivity contribution in [2.24, 2.45) is 0 Å². The van der Waals surface area contributed by atoms with Gasteiger partial charge in [0.2, 0.25) is 0 Å².